The number of hydrogen-bond acceptors (Lipinski definition) is 3. The Morgan fingerprint density at radius 2 is 1.68 bits per heavy atom. The molecule has 0 unspecified atom stereocenters. The second kappa shape index (κ2) is 4.86. The molecule has 1 N–H and O–H groups in total. The van der Waals surface area contributed by atoms with Crippen molar-refractivity contribution < 1.29 is 14.4 Å². The van der Waals surface area contributed by atoms with Crippen molar-refractivity contribution in [3.05, 3.63) is 46.0 Å². The number of amides is 3. The lowest BCUT2D eigenvalue weighted by atomic mass is 9.85. The van der Waals surface area contributed by atoms with E-state index in [1.165, 1.54) is 18.2 Å². The minimum atomic E-state index is -0.593. The van der Waals surface area contributed by atoms with Crippen LogP contribution in [0.15, 0.2) is 30.4 Å². The van der Waals surface area contributed by atoms with Gasteiger partial charge in [-0.3, -0.25) is 19.8 Å². The van der Waals surface area contributed by atoms with E-state index in [2.05, 4.69) is 17.6 Å². The summed E-state index contributed by atoms with van der Waals surface area (Å²) in [5, 5.41) is 1.47. The molecule has 4 aliphatic rings. The molecule has 1 aromatic carbocycles. The van der Waals surface area contributed by atoms with Crippen LogP contribution in [-0.4, -0.2) is 22.7 Å². The molecule has 1 aliphatic heterocycles. The van der Waals surface area contributed by atoms with Crippen molar-refractivity contribution in [2.24, 2.45) is 29.1 Å². The first kappa shape index (κ1) is 15.4. The van der Waals surface area contributed by atoms with Gasteiger partial charge in [0.1, 0.15) is 0 Å². The summed E-state index contributed by atoms with van der Waals surface area (Å²) >= 11 is 11.9. The van der Waals surface area contributed by atoms with Crippen LogP contribution in [0.1, 0.15) is 23.2 Å². The standard InChI is InChI=1S/C18H14Cl2N2O3/c19-8-1-2-9(12(20)7-8)15(23)21-22-16(24)13-10-3-4-11(14(13)17(22)25)18(10)5-6-18/h1-4,7,10-11,13-14H,5-6H2,(H,21,23)/t10-,11-,13+,14+/m1/s1. The second-order valence-electron chi connectivity index (χ2n) is 7.30. The molecule has 1 spiro atoms. The number of hydrogen-bond donors (Lipinski definition) is 1. The van der Waals surface area contributed by atoms with Crippen LogP contribution in [-0.2, 0) is 9.59 Å². The minimum absolute atomic E-state index is 0.125. The summed E-state index contributed by atoms with van der Waals surface area (Å²) in [6.07, 6.45) is 6.34. The molecule has 5 nitrogen and oxygen atoms in total. The molecule has 3 aliphatic carbocycles. The molecule has 128 valence electrons. The van der Waals surface area contributed by atoms with E-state index in [4.69, 9.17) is 23.2 Å². The summed E-state index contributed by atoms with van der Waals surface area (Å²) in [4.78, 5) is 38.1. The van der Waals surface area contributed by atoms with E-state index in [9.17, 15) is 14.4 Å². The van der Waals surface area contributed by atoms with Gasteiger partial charge in [-0.25, -0.2) is 0 Å². The number of carbonyl (C=O) groups excluding carboxylic acids is 3. The highest BCUT2D eigenvalue weighted by atomic mass is 35.5. The van der Waals surface area contributed by atoms with Crippen LogP contribution >= 0.6 is 23.2 Å². The number of imide groups is 1. The van der Waals surface area contributed by atoms with Crippen LogP contribution in [0.25, 0.3) is 0 Å². The van der Waals surface area contributed by atoms with Gasteiger partial charge in [0.05, 0.1) is 22.4 Å². The third-order valence-corrected chi connectivity index (χ3v) is 6.79. The zero-order chi connectivity index (χ0) is 17.5. The predicted octanol–water partition coefficient (Wildman–Crippen LogP) is 2.84. The third-order valence-electron chi connectivity index (χ3n) is 6.24. The van der Waals surface area contributed by atoms with Gasteiger partial charge in [-0.15, -0.1) is 0 Å². The summed E-state index contributed by atoms with van der Waals surface area (Å²) in [7, 11) is 0. The smallest absolute Gasteiger partial charge is 0.271 e. The minimum Gasteiger partial charge on any atom is -0.272 e. The van der Waals surface area contributed by atoms with Crippen LogP contribution < -0.4 is 5.43 Å². The lowest BCUT2D eigenvalue weighted by molar-refractivity contribution is -0.144. The van der Waals surface area contributed by atoms with Gasteiger partial charge in [-0.2, -0.15) is 5.01 Å². The molecular formula is C18H14Cl2N2O3. The zero-order valence-corrected chi connectivity index (χ0v) is 14.6. The van der Waals surface area contributed by atoms with Crippen molar-refractivity contribution in [3.63, 3.8) is 0 Å². The van der Waals surface area contributed by atoms with Crippen LogP contribution in [0.4, 0.5) is 0 Å². The largest absolute Gasteiger partial charge is 0.272 e. The number of fused-ring (bicyclic) bond motifs is 3. The maximum Gasteiger partial charge on any atom is 0.271 e. The molecule has 5 rings (SSSR count). The normalized spacial score (nSPS) is 33.3. The van der Waals surface area contributed by atoms with Crippen LogP contribution in [0.3, 0.4) is 0 Å². The average Bonchev–Trinajstić information content (AvgIpc) is 3.17. The molecular weight excluding hydrogens is 363 g/mol. The first-order chi connectivity index (χ1) is 11.9. The maximum atomic E-state index is 12.8. The van der Waals surface area contributed by atoms with Crippen molar-refractivity contribution in [2.75, 3.05) is 0 Å². The molecule has 2 bridgehead atoms. The van der Waals surface area contributed by atoms with Gasteiger partial charge in [-0.05, 0) is 48.3 Å². The number of nitrogens with one attached hydrogen (secondary N) is 1. The summed E-state index contributed by atoms with van der Waals surface area (Å²) in [6, 6.07) is 4.45. The highest BCUT2D eigenvalue weighted by molar-refractivity contribution is 6.36. The Balaban J connectivity index is 1.41. The maximum absolute atomic E-state index is 12.8. The van der Waals surface area contributed by atoms with E-state index in [-0.39, 0.29) is 51.5 Å². The Hall–Kier alpha value is -1.85. The van der Waals surface area contributed by atoms with Crippen molar-refractivity contribution in [2.45, 2.75) is 12.8 Å². The highest BCUT2D eigenvalue weighted by Gasteiger charge is 2.73. The lowest BCUT2D eigenvalue weighted by Crippen LogP contribution is -2.48. The van der Waals surface area contributed by atoms with E-state index in [1.54, 1.807) is 0 Å². The molecule has 2 saturated carbocycles. The van der Waals surface area contributed by atoms with E-state index >= 15 is 0 Å². The number of rotatable bonds is 2. The van der Waals surface area contributed by atoms with Crippen molar-refractivity contribution in [1.82, 2.24) is 10.4 Å². The fourth-order valence-corrected chi connectivity index (χ4v) is 5.52. The molecule has 1 aromatic rings. The molecule has 25 heavy (non-hydrogen) atoms. The van der Waals surface area contributed by atoms with E-state index in [0.717, 1.165) is 17.9 Å². The first-order valence-corrected chi connectivity index (χ1v) is 9.02. The number of carbonyl (C=O) groups is 3. The molecule has 7 heteroatoms. The van der Waals surface area contributed by atoms with Gasteiger partial charge >= 0.3 is 0 Å². The highest BCUT2D eigenvalue weighted by Crippen LogP contribution is 2.73. The van der Waals surface area contributed by atoms with Crippen LogP contribution in [0, 0.1) is 29.1 Å². The summed E-state index contributed by atoms with van der Waals surface area (Å²) < 4.78 is 0. The van der Waals surface area contributed by atoms with Gasteiger partial charge in [0.25, 0.3) is 17.7 Å². The Morgan fingerprint density at radius 1 is 1.08 bits per heavy atom. The zero-order valence-electron chi connectivity index (χ0n) is 13.0. The summed E-state index contributed by atoms with van der Waals surface area (Å²) in [5.74, 6) is -1.64. The van der Waals surface area contributed by atoms with Crippen LogP contribution in [0.5, 0.6) is 0 Å². The van der Waals surface area contributed by atoms with Gasteiger partial charge in [0.2, 0.25) is 0 Å². The first-order valence-electron chi connectivity index (χ1n) is 8.26. The molecule has 0 radical (unpaired) electrons. The molecule has 4 atom stereocenters. The average molecular weight is 377 g/mol. The summed E-state index contributed by atoms with van der Waals surface area (Å²) in [5.41, 5.74) is 2.75. The Labute approximate surface area is 153 Å². The molecule has 1 saturated heterocycles. The fourth-order valence-electron chi connectivity index (χ4n) is 5.02. The monoisotopic (exact) mass is 376 g/mol. The molecule has 1 heterocycles. The second-order valence-corrected chi connectivity index (χ2v) is 8.14. The quantitative estimate of drug-likeness (QED) is 0.637. The topological polar surface area (TPSA) is 66.5 Å². The predicted molar refractivity (Wildman–Crippen MR) is 90.5 cm³/mol. The lowest BCUT2D eigenvalue weighted by Gasteiger charge is -2.22. The van der Waals surface area contributed by atoms with Gasteiger partial charge in [0, 0.05) is 5.02 Å². The SMILES string of the molecule is O=C(NN1C(=O)[C@@H]2[C@@H](C1=O)[C@H]1C=C[C@H]2C12CC2)c1ccc(Cl)cc1Cl. The number of halogens is 2. The third kappa shape index (κ3) is 1.88. The number of nitrogens with zero attached hydrogens (tertiary/aromatic N) is 1. The van der Waals surface area contributed by atoms with Gasteiger partial charge in [-0.1, -0.05) is 35.4 Å². The van der Waals surface area contributed by atoms with Crippen molar-refractivity contribution in [1.29, 1.82) is 0 Å². The van der Waals surface area contributed by atoms with E-state index < -0.39 is 5.91 Å². The Bertz CT molecular complexity index is 843. The van der Waals surface area contributed by atoms with E-state index in [0.29, 0.717) is 5.02 Å². The molecule has 0 aromatic heterocycles. The van der Waals surface area contributed by atoms with Crippen LogP contribution in [0.2, 0.25) is 10.0 Å². The number of hydrazine groups is 1. The number of allylic oxidation sites excluding steroid dienone is 2. The Morgan fingerprint density at radius 3 is 2.20 bits per heavy atom. The van der Waals surface area contributed by atoms with Gasteiger partial charge in [0.15, 0.2) is 0 Å². The Kier molecular flexibility index (Phi) is 3.00. The fraction of sp³-hybridized carbons (Fsp3) is 0.389. The number of benzene rings is 1. The summed E-state index contributed by atoms with van der Waals surface area (Å²) in [6.45, 7) is 0. The molecule has 3 amide bonds. The molecule has 3 fully saturated rings. The van der Waals surface area contributed by atoms with Crippen molar-refractivity contribution in [3.8, 4) is 0 Å². The van der Waals surface area contributed by atoms with Gasteiger partial charge < -0.3 is 0 Å². The van der Waals surface area contributed by atoms with Crippen molar-refractivity contribution >= 4 is 40.9 Å². The van der Waals surface area contributed by atoms with E-state index in [1.807, 2.05) is 0 Å².